The Morgan fingerprint density at radius 1 is 1.25 bits per heavy atom. The molecule has 1 aromatic rings. The Morgan fingerprint density at radius 2 is 1.95 bits per heavy atom. The summed E-state index contributed by atoms with van der Waals surface area (Å²) in [6.45, 7) is -1.20. The third-order valence-corrected chi connectivity index (χ3v) is 3.26. The van der Waals surface area contributed by atoms with Gasteiger partial charge in [0.25, 0.3) is 0 Å². The van der Waals surface area contributed by atoms with Crippen LogP contribution in [0.2, 0.25) is 5.02 Å². The molecule has 1 aromatic carbocycles. The van der Waals surface area contributed by atoms with Gasteiger partial charge in [0.2, 0.25) is 0 Å². The van der Waals surface area contributed by atoms with E-state index in [1.54, 1.807) is 6.07 Å². The first-order valence-electron chi connectivity index (χ1n) is 6.41. The lowest BCUT2D eigenvalue weighted by atomic mass is 9.95. The first-order valence-corrected chi connectivity index (χ1v) is 6.79. The van der Waals surface area contributed by atoms with E-state index in [2.05, 4.69) is 4.74 Å². The molecule has 0 amide bonds. The first-order chi connectivity index (χ1) is 9.42. The van der Waals surface area contributed by atoms with Crippen LogP contribution in [-0.2, 0) is 11.2 Å². The lowest BCUT2D eigenvalue weighted by Crippen LogP contribution is -2.18. The largest absolute Gasteiger partial charge is 0.411 e. The molecule has 0 aromatic heterocycles. The van der Waals surface area contributed by atoms with Crippen LogP contribution in [-0.4, -0.2) is 31.1 Å². The van der Waals surface area contributed by atoms with Crippen LogP contribution in [0.25, 0.3) is 0 Å². The van der Waals surface area contributed by atoms with Crippen molar-refractivity contribution >= 4 is 11.6 Å². The first kappa shape index (κ1) is 17.3. The van der Waals surface area contributed by atoms with Gasteiger partial charge in [-0.15, -0.1) is 0 Å². The van der Waals surface area contributed by atoms with Crippen molar-refractivity contribution in [2.24, 2.45) is 5.92 Å². The van der Waals surface area contributed by atoms with E-state index in [1.165, 1.54) is 0 Å². The second kappa shape index (κ2) is 8.49. The monoisotopic (exact) mass is 310 g/mol. The maximum atomic E-state index is 11.9. The van der Waals surface area contributed by atoms with Crippen LogP contribution in [0.5, 0.6) is 0 Å². The fourth-order valence-corrected chi connectivity index (χ4v) is 2.11. The van der Waals surface area contributed by atoms with E-state index in [0.29, 0.717) is 24.3 Å². The summed E-state index contributed by atoms with van der Waals surface area (Å²) in [5, 5.41) is 9.94. The molecule has 1 unspecified atom stereocenters. The number of rotatable bonds is 8. The number of hydrogen-bond acceptors (Lipinski definition) is 2. The van der Waals surface area contributed by atoms with Crippen molar-refractivity contribution in [1.82, 2.24) is 0 Å². The Balaban J connectivity index is 2.28. The summed E-state index contributed by atoms with van der Waals surface area (Å²) in [4.78, 5) is 0. The minimum atomic E-state index is -4.28. The molecule has 0 aliphatic carbocycles. The van der Waals surface area contributed by atoms with Gasteiger partial charge in [0, 0.05) is 18.2 Å². The van der Waals surface area contributed by atoms with Crippen LogP contribution in [0.15, 0.2) is 24.3 Å². The molecule has 0 spiro atoms. The Morgan fingerprint density at radius 3 is 2.55 bits per heavy atom. The number of alkyl halides is 3. The van der Waals surface area contributed by atoms with Gasteiger partial charge in [-0.05, 0) is 36.8 Å². The number of hydrogen-bond donors (Lipinski definition) is 1. The molecule has 0 radical (unpaired) electrons. The number of aliphatic hydroxyl groups excluding tert-OH is 1. The van der Waals surface area contributed by atoms with Gasteiger partial charge in [0.05, 0.1) is 0 Å². The molecule has 0 saturated carbocycles. The molecule has 0 heterocycles. The lowest BCUT2D eigenvalue weighted by molar-refractivity contribution is -0.174. The van der Waals surface area contributed by atoms with Crippen LogP contribution in [0.1, 0.15) is 18.4 Å². The fraction of sp³-hybridized carbons (Fsp3) is 0.571. The zero-order chi connectivity index (χ0) is 15.0. The molecule has 1 N–H and O–H groups in total. The van der Waals surface area contributed by atoms with Crippen molar-refractivity contribution < 1.29 is 23.0 Å². The second-order valence-electron chi connectivity index (χ2n) is 4.65. The van der Waals surface area contributed by atoms with Crippen LogP contribution in [0, 0.1) is 5.92 Å². The third-order valence-electron chi connectivity index (χ3n) is 2.89. The predicted octanol–water partition coefficient (Wildman–Crippen LogP) is 3.85. The number of aliphatic hydroxyl groups is 1. The summed E-state index contributed by atoms with van der Waals surface area (Å²) in [6, 6.07) is 7.34. The third kappa shape index (κ3) is 7.12. The van der Waals surface area contributed by atoms with Crippen LogP contribution in [0.3, 0.4) is 0 Å². The quantitative estimate of drug-likeness (QED) is 0.739. The lowest BCUT2D eigenvalue weighted by Gasteiger charge is -2.15. The normalized spacial score (nSPS) is 13.4. The van der Waals surface area contributed by atoms with Crippen molar-refractivity contribution in [3.05, 3.63) is 34.9 Å². The second-order valence-corrected chi connectivity index (χ2v) is 5.06. The molecule has 0 aliphatic heterocycles. The Bertz CT molecular complexity index is 396. The fourth-order valence-electron chi connectivity index (χ4n) is 1.89. The van der Waals surface area contributed by atoms with Crippen LogP contribution >= 0.6 is 11.6 Å². The summed E-state index contributed by atoms with van der Waals surface area (Å²) in [5.41, 5.74) is 0.935. The van der Waals surface area contributed by atoms with Crippen molar-refractivity contribution in [2.45, 2.75) is 25.4 Å². The summed E-state index contributed by atoms with van der Waals surface area (Å²) in [6.07, 6.45) is -2.60. The molecule has 1 atom stereocenters. The SMILES string of the molecule is OCC(CCCOCC(F)(F)F)Cc1ccccc1Cl. The Labute approximate surface area is 121 Å². The van der Waals surface area contributed by atoms with Gasteiger partial charge < -0.3 is 9.84 Å². The smallest absolute Gasteiger partial charge is 0.396 e. The molecule has 114 valence electrons. The van der Waals surface area contributed by atoms with E-state index in [-0.39, 0.29) is 19.1 Å². The molecule has 1 rings (SSSR count). The van der Waals surface area contributed by atoms with E-state index in [1.807, 2.05) is 18.2 Å². The van der Waals surface area contributed by atoms with E-state index >= 15 is 0 Å². The average Bonchev–Trinajstić information content (AvgIpc) is 2.38. The number of halogens is 4. The van der Waals surface area contributed by atoms with Crippen molar-refractivity contribution in [3.8, 4) is 0 Å². The molecular weight excluding hydrogens is 293 g/mol. The van der Waals surface area contributed by atoms with Gasteiger partial charge >= 0.3 is 6.18 Å². The zero-order valence-electron chi connectivity index (χ0n) is 11.0. The number of ether oxygens (including phenoxy) is 1. The summed E-state index contributed by atoms with van der Waals surface area (Å²) < 4.78 is 40.1. The topological polar surface area (TPSA) is 29.5 Å². The maximum absolute atomic E-state index is 11.9. The molecule has 0 saturated heterocycles. The highest BCUT2D eigenvalue weighted by atomic mass is 35.5. The van der Waals surface area contributed by atoms with Crippen LogP contribution in [0.4, 0.5) is 13.2 Å². The molecule has 6 heteroatoms. The van der Waals surface area contributed by atoms with Crippen molar-refractivity contribution in [1.29, 1.82) is 0 Å². The van der Waals surface area contributed by atoms with Gasteiger partial charge in [-0.1, -0.05) is 29.8 Å². The summed E-state index contributed by atoms with van der Waals surface area (Å²) >= 11 is 6.03. The molecule has 20 heavy (non-hydrogen) atoms. The molecular formula is C14H18ClF3O2. The highest BCUT2D eigenvalue weighted by molar-refractivity contribution is 6.31. The van der Waals surface area contributed by atoms with Gasteiger partial charge in [-0.3, -0.25) is 0 Å². The maximum Gasteiger partial charge on any atom is 0.411 e. The van der Waals surface area contributed by atoms with E-state index < -0.39 is 12.8 Å². The van der Waals surface area contributed by atoms with E-state index in [0.717, 1.165) is 5.56 Å². The average molecular weight is 311 g/mol. The molecule has 0 bridgehead atoms. The minimum absolute atomic E-state index is 0.0233. The Kier molecular flexibility index (Phi) is 7.34. The van der Waals surface area contributed by atoms with Gasteiger partial charge in [0.1, 0.15) is 6.61 Å². The highest BCUT2D eigenvalue weighted by Gasteiger charge is 2.27. The molecule has 0 aliphatic rings. The van der Waals surface area contributed by atoms with Crippen molar-refractivity contribution in [2.75, 3.05) is 19.8 Å². The summed E-state index contributed by atoms with van der Waals surface area (Å²) in [5.74, 6) is -0.0237. The predicted molar refractivity (Wildman–Crippen MR) is 71.8 cm³/mol. The zero-order valence-corrected chi connectivity index (χ0v) is 11.8. The standard InChI is InChI=1S/C14H18ClF3O2/c15-13-6-2-1-5-12(13)8-11(9-19)4-3-7-20-10-14(16,17)18/h1-2,5-6,11,19H,3-4,7-10H2. The molecule has 2 nitrogen and oxygen atoms in total. The van der Waals surface area contributed by atoms with E-state index in [9.17, 15) is 18.3 Å². The van der Waals surface area contributed by atoms with Gasteiger partial charge in [-0.25, -0.2) is 0 Å². The van der Waals surface area contributed by atoms with Gasteiger partial charge in [-0.2, -0.15) is 13.2 Å². The number of benzene rings is 1. The molecule has 0 fully saturated rings. The Hall–Kier alpha value is -0.780. The minimum Gasteiger partial charge on any atom is -0.396 e. The van der Waals surface area contributed by atoms with Crippen molar-refractivity contribution in [3.63, 3.8) is 0 Å². The summed E-state index contributed by atoms with van der Waals surface area (Å²) in [7, 11) is 0. The van der Waals surface area contributed by atoms with Gasteiger partial charge in [0.15, 0.2) is 0 Å². The van der Waals surface area contributed by atoms with Crippen LogP contribution < -0.4 is 0 Å². The van der Waals surface area contributed by atoms with E-state index in [4.69, 9.17) is 11.6 Å². The highest BCUT2D eigenvalue weighted by Crippen LogP contribution is 2.21.